The molecule has 0 aliphatic rings. The Balaban J connectivity index is 3.31. The number of aromatic nitrogens is 1. The molecule has 1 aromatic heterocycles. The molecule has 0 atom stereocenters. The lowest BCUT2D eigenvalue weighted by molar-refractivity contribution is -0.275. The number of pyridine rings is 1. The average Bonchev–Trinajstić information content (AvgIpc) is 2.32. The number of aromatic hydroxyl groups is 1. The highest BCUT2D eigenvalue weighted by Crippen LogP contribution is 2.38. The fourth-order valence-electron chi connectivity index (χ4n) is 1.48. The number of nitrogens with zero attached hydrogens (tertiary/aromatic N) is 1. The minimum absolute atomic E-state index is 0.0927. The number of alkyl halides is 5. The summed E-state index contributed by atoms with van der Waals surface area (Å²) >= 11 is 0. The zero-order valence-corrected chi connectivity index (χ0v) is 10.6. The van der Waals surface area contributed by atoms with Crippen LogP contribution in [0.3, 0.4) is 0 Å². The molecular formula is C11H10F5NO4. The van der Waals surface area contributed by atoms with E-state index in [2.05, 4.69) is 14.5 Å². The van der Waals surface area contributed by atoms with Crippen LogP contribution in [-0.2, 0) is 16.0 Å². The number of carbonyl (C=O) groups is 1. The molecule has 0 fully saturated rings. The average molecular weight is 315 g/mol. The predicted molar refractivity (Wildman–Crippen MR) is 57.9 cm³/mol. The molecule has 10 heteroatoms. The summed E-state index contributed by atoms with van der Waals surface area (Å²) in [5, 5.41) is 9.32. The van der Waals surface area contributed by atoms with Gasteiger partial charge in [0.2, 0.25) is 0 Å². The van der Waals surface area contributed by atoms with E-state index in [4.69, 9.17) is 0 Å². The summed E-state index contributed by atoms with van der Waals surface area (Å²) in [6, 6.07) is 0. The van der Waals surface area contributed by atoms with E-state index >= 15 is 0 Å². The highest BCUT2D eigenvalue weighted by Gasteiger charge is 2.35. The second-order valence-corrected chi connectivity index (χ2v) is 3.67. The topological polar surface area (TPSA) is 68.7 Å². The molecule has 5 nitrogen and oxygen atoms in total. The molecule has 1 aromatic rings. The number of esters is 1. The maximum absolute atomic E-state index is 12.8. The van der Waals surface area contributed by atoms with E-state index in [1.165, 1.54) is 6.92 Å². The lowest BCUT2D eigenvalue weighted by Crippen LogP contribution is -2.20. The van der Waals surface area contributed by atoms with Crippen LogP contribution in [0, 0.1) is 0 Å². The summed E-state index contributed by atoms with van der Waals surface area (Å²) in [4.78, 5) is 14.4. The first-order valence-corrected chi connectivity index (χ1v) is 5.56. The van der Waals surface area contributed by atoms with Crippen molar-refractivity contribution in [2.24, 2.45) is 0 Å². The molecule has 0 bridgehead atoms. The van der Waals surface area contributed by atoms with Crippen LogP contribution in [-0.4, -0.2) is 29.0 Å². The highest BCUT2D eigenvalue weighted by atomic mass is 19.4. The Labute approximate surface area is 115 Å². The molecule has 0 unspecified atom stereocenters. The van der Waals surface area contributed by atoms with Crippen molar-refractivity contribution in [1.82, 2.24) is 4.98 Å². The van der Waals surface area contributed by atoms with Crippen LogP contribution in [0.25, 0.3) is 0 Å². The molecule has 0 radical (unpaired) electrons. The third-order valence-corrected chi connectivity index (χ3v) is 2.19. The quantitative estimate of drug-likeness (QED) is 0.668. The van der Waals surface area contributed by atoms with Crippen molar-refractivity contribution in [3.05, 3.63) is 17.5 Å². The molecule has 0 aliphatic heterocycles. The van der Waals surface area contributed by atoms with E-state index < -0.39 is 47.9 Å². The SMILES string of the molecule is CCOC(=O)Cc1c(C(F)F)ncc(O)c1OC(F)(F)F. The lowest BCUT2D eigenvalue weighted by Gasteiger charge is -2.16. The van der Waals surface area contributed by atoms with Gasteiger partial charge in [-0.15, -0.1) is 13.2 Å². The molecule has 0 saturated carbocycles. The van der Waals surface area contributed by atoms with E-state index in [-0.39, 0.29) is 6.61 Å². The minimum atomic E-state index is -5.23. The maximum atomic E-state index is 12.8. The molecule has 118 valence electrons. The summed E-state index contributed by atoms with van der Waals surface area (Å²) in [6.07, 6.45) is -9.05. The smallest absolute Gasteiger partial charge is 0.503 e. The van der Waals surface area contributed by atoms with Crippen LogP contribution in [0.5, 0.6) is 11.5 Å². The van der Waals surface area contributed by atoms with E-state index in [1.54, 1.807) is 0 Å². The van der Waals surface area contributed by atoms with Gasteiger partial charge in [0, 0.05) is 5.56 Å². The Hall–Kier alpha value is -2.13. The lowest BCUT2D eigenvalue weighted by atomic mass is 10.1. The highest BCUT2D eigenvalue weighted by molar-refractivity contribution is 5.74. The monoisotopic (exact) mass is 315 g/mol. The Bertz CT molecular complexity index is 518. The van der Waals surface area contributed by atoms with Gasteiger partial charge in [0.25, 0.3) is 6.43 Å². The van der Waals surface area contributed by atoms with Gasteiger partial charge in [0.15, 0.2) is 11.5 Å². The molecule has 0 aromatic carbocycles. The first-order chi connectivity index (χ1) is 9.65. The Morgan fingerprint density at radius 3 is 2.52 bits per heavy atom. The number of carbonyl (C=O) groups excluding carboxylic acids is 1. The van der Waals surface area contributed by atoms with Gasteiger partial charge in [-0.1, -0.05) is 0 Å². The molecule has 0 saturated heterocycles. The normalized spacial score (nSPS) is 11.6. The zero-order valence-electron chi connectivity index (χ0n) is 10.6. The molecule has 1 heterocycles. The molecule has 1 rings (SSSR count). The number of rotatable bonds is 5. The third-order valence-electron chi connectivity index (χ3n) is 2.19. The number of hydrogen-bond acceptors (Lipinski definition) is 5. The summed E-state index contributed by atoms with van der Waals surface area (Å²) in [5.41, 5.74) is -1.97. The Morgan fingerprint density at radius 2 is 2.05 bits per heavy atom. The Morgan fingerprint density at radius 1 is 1.43 bits per heavy atom. The first-order valence-electron chi connectivity index (χ1n) is 5.56. The van der Waals surface area contributed by atoms with Crippen LogP contribution in [0.4, 0.5) is 22.0 Å². The number of hydrogen-bond donors (Lipinski definition) is 1. The molecule has 0 aliphatic carbocycles. The summed E-state index contributed by atoms with van der Waals surface area (Å²) < 4.78 is 70.3. The molecule has 0 amide bonds. The molecule has 21 heavy (non-hydrogen) atoms. The van der Waals surface area contributed by atoms with Crippen molar-refractivity contribution in [2.75, 3.05) is 6.61 Å². The fourth-order valence-corrected chi connectivity index (χ4v) is 1.48. The maximum Gasteiger partial charge on any atom is 0.573 e. The van der Waals surface area contributed by atoms with E-state index in [1.807, 2.05) is 0 Å². The van der Waals surface area contributed by atoms with Gasteiger partial charge >= 0.3 is 12.3 Å². The van der Waals surface area contributed by atoms with Gasteiger partial charge in [0.1, 0.15) is 5.69 Å². The van der Waals surface area contributed by atoms with Crippen LogP contribution in [0.15, 0.2) is 6.20 Å². The summed E-state index contributed by atoms with van der Waals surface area (Å²) in [6.45, 7) is 1.34. The molecule has 1 N–H and O–H groups in total. The van der Waals surface area contributed by atoms with Crippen LogP contribution in [0.2, 0.25) is 0 Å². The molecule has 0 spiro atoms. The van der Waals surface area contributed by atoms with Crippen LogP contribution >= 0.6 is 0 Å². The summed E-state index contributed by atoms with van der Waals surface area (Å²) in [5.74, 6) is -3.46. The Kier molecular flexibility index (Phi) is 5.28. The van der Waals surface area contributed by atoms with E-state index in [9.17, 15) is 31.9 Å². The van der Waals surface area contributed by atoms with Crippen molar-refractivity contribution >= 4 is 5.97 Å². The van der Waals surface area contributed by atoms with Gasteiger partial charge < -0.3 is 14.6 Å². The third kappa shape index (κ3) is 4.72. The summed E-state index contributed by atoms with van der Waals surface area (Å²) in [7, 11) is 0. The first kappa shape index (κ1) is 16.9. The molecular weight excluding hydrogens is 305 g/mol. The van der Waals surface area contributed by atoms with Crippen molar-refractivity contribution in [1.29, 1.82) is 0 Å². The fraction of sp³-hybridized carbons (Fsp3) is 0.455. The largest absolute Gasteiger partial charge is 0.573 e. The van der Waals surface area contributed by atoms with E-state index in [0.29, 0.717) is 6.20 Å². The standard InChI is InChI=1S/C11H10F5NO4/c1-2-20-7(19)3-5-8(10(12)13)17-4-6(18)9(5)21-11(14,15)16/h4,10,18H,2-3H2,1H3. The number of halogens is 5. The van der Waals surface area contributed by atoms with Gasteiger partial charge in [-0.05, 0) is 6.92 Å². The van der Waals surface area contributed by atoms with Gasteiger partial charge in [-0.25, -0.2) is 8.78 Å². The van der Waals surface area contributed by atoms with Gasteiger partial charge in [-0.2, -0.15) is 0 Å². The van der Waals surface area contributed by atoms with Crippen LogP contribution in [0.1, 0.15) is 24.6 Å². The van der Waals surface area contributed by atoms with Gasteiger partial charge in [-0.3, -0.25) is 9.78 Å². The second-order valence-electron chi connectivity index (χ2n) is 3.67. The zero-order chi connectivity index (χ0) is 16.2. The minimum Gasteiger partial charge on any atom is -0.503 e. The second kappa shape index (κ2) is 6.55. The van der Waals surface area contributed by atoms with Crippen LogP contribution < -0.4 is 4.74 Å². The van der Waals surface area contributed by atoms with Gasteiger partial charge in [0.05, 0.1) is 19.2 Å². The van der Waals surface area contributed by atoms with Crippen molar-refractivity contribution < 1.29 is 41.3 Å². The van der Waals surface area contributed by atoms with E-state index in [0.717, 1.165) is 0 Å². The van der Waals surface area contributed by atoms with Crippen molar-refractivity contribution in [3.8, 4) is 11.5 Å². The number of ether oxygens (including phenoxy) is 2. The van der Waals surface area contributed by atoms with Crippen molar-refractivity contribution in [3.63, 3.8) is 0 Å². The predicted octanol–water partition coefficient (Wildman–Crippen LogP) is 2.73. The van der Waals surface area contributed by atoms with Crippen molar-refractivity contribution in [2.45, 2.75) is 26.1 Å².